The molecule has 1 atom stereocenters. The van der Waals surface area contributed by atoms with Crippen LogP contribution in [-0.4, -0.2) is 66.5 Å². The summed E-state index contributed by atoms with van der Waals surface area (Å²) in [6.07, 6.45) is 1.62. The maximum Gasteiger partial charge on any atom is 0.295 e. The number of aliphatic hydroxyl groups excluding tert-OH is 1. The molecule has 0 aromatic heterocycles. The number of rotatable bonds is 11. The third-order valence-electron chi connectivity index (χ3n) is 5.71. The molecule has 1 heterocycles. The van der Waals surface area contributed by atoms with E-state index in [2.05, 4.69) is 0 Å². The van der Waals surface area contributed by atoms with Gasteiger partial charge in [0.15, 0.2) is 0 Å². The minimum atomic E-state index is -0.677. The molecule has 2 aromatic rings. The van der Waals surface area contributed by atoms with E-state index in [1.807, 2.05) is 64.0 Å². The quantitative estimate of drug-likeness (QED) is 0.287. The lowest BCUT2D eigenvalue weighted by molar-refractivity contribution is -0.139. The van der Waals surface area contributed by atoms with Gasteiger partial charge in [0.2, 0.25) is 0 Å². The Morgan fingerprint density at radius 3 is 2.23 bits per heavy atom. The predicted molar refractivity (Wildman–Crippen MR) is 137 cm³/mol. The van der Waals surface area contributed by atoms with Gasteiger partial charge in [0.1, 0.15) is 17.3 Å². The zero-order valence-corrected chi connectivity index (χ0v) is 21.3. The number of aliphatic hydroxyl groups is 1. The van der Waals surface area contributed by atoms with Crippen molar-refractivity contribution in [2.24, 2.45) is 0 Å². The van der Waals surface area contributed by atoms with E-state index < -0.39 is 17.7 Å². The topological polar surface area (TPSA) is 79.3 Å². The summed E-state index contributed by atoms with van der Waals surface area (Å²) in [5, 5.41) is 11.2. The van der Waals surface area contributed by atoms with Gasteiger partial charge in [-0.15, -0.1) is 0 Å². The number of nitrogens with zero attached hydrogens (tertiary/aromatic N) is 2. The molecule has 0 spiro atoms. The highest BCUT2D eigenvalue weighted by molar-refractivity contribution is 6.46. The minimum absolute atomic E-state index is 0.0196. The fourth-order valence-corrected chi connectivity index (χ4v) is 4.10. The monoisotopic (exact) mass is 480 g/mol. The molecule has 7 heteroatoms. The fourth-order valence-electron chi connectivity index (χ4n) is 4.10. The van der Waals surface area contributed by atoms with Gasteiger partial charge in [-0.1, -0.05) is 19.1 Å². The first-order chi connectivity index (χ1) is 16.7. The Balaban J connectivity index is 2.01. The van der Waals surface area contributed by atoms with E-state index >= 15 is 0 Å². The molecule has 0 unspecified atom stereocenters. The summed E-state index contributed by atoms with van der Waals surface area (Å²) < 4.78 is 11.4. The number of hydrogen-bond acceptors (Lipinski definition) is 6. The van der Waals surface area contributed by atoms with Crippen LogP contribution in [-0.2, 0) is 9.59 Å². The molecular weight excluding hydrogens is 444 g/mol. The van der Waals surface area contributed by atoms with Gasteiger partial charge in [-0.3, -0.25) is 9.59 Å². The van der Waals surface area contributed by atoms with Crippen LogP contribution in [0.1, 0.15) is 50.8 Å². The molecule has 0 radical (unpaired) electrons. The van der Waals surface area contributed by atoms with Crippen molar-refractivity contribution in [2.75, 3.05) is 33.8 Å². The van der Waals surface area contributed by atoms with Crippen molar-refractivity contribution in [3.63, 3.8) is 0 Å². The highest BCUT2D eigenvalue weighted by atomic mass is 16.5. The fraction of sp³-hybridized carbons (Fsp3) is 0.429. The van der Waals surface area contributed by atoms with Gasteiger partial charge < -0.3 is 24.4 Å². The Labute approximate surface area is 207 Å². The molecule has 1 aliphatic heterocycles. The highest BCUT2D eigenvalue weighted by Crippen LogP contribution is 2.40. The molecule has 0 aliphatic carbocycles. The van der Waals surface area contributed by atoms with Gasteiger partial charge in [-0.25, -0.2) is 0 Å². The van der Waals surface area contributed by atoms with Crippen LogP contribution in [0.15, 0.2) is 54.1 Å². The van der Waals surface area contributed by atoms with Crippen LogP contribution in [0.5, 0.6) is 11.5 Å². The molecular formula is C28H36N2O5. The highest BCUT2D eigenvalue weighted by Gasteiger charge is 2.45. The lowest BCUT2D eigenvalue weighted by Crippen LogP contribution is -2.32. The van der Waals surface area contributed by atoms with Gasteiger partial charge >= 0.3 is 0 Å². The lowest BCUT2D eigenvalue weighted by Gasteiger charge is -2.26. The first kappa shape index (κ1) is 26.3. The maximum atomic E-state index is 13.2. The number of benzene rings is 2. The Bertz CT molecular complexity index is 1040. The van der Waals surface area contributed by atoms with Crippen molar-refractivity contribution in [2.45, 2.75) is 45.8 Å². The minimum Gasteiger partial charge on any atom is -0.507 e. The van der Waals surface area contributed by atoms with Crippen molar-refractivity contribution in [1.29, 1.82) is 0 Å². The van der Waals surface area contributed by atoms with Gasteiger partial charge in [0.05, 0.1) is 24.3 Å². The van der Waals surface area contributed by atoms with Gasteiger partial charge in [-0.2, -0.15) is 0 Å². The molecule has 1 fully saturated rings. The third-order valence-corrected chi connectivity index (χ3v) is 5.71. The van der Waals surface area contributed by atoms with Crippen LogP contribution >= 0.6 is 0 Å². The van der Waals surface area contributed by atoms with E-state index in [1.54, 1.807) is 29.2 Å². The van der Waals surface area contributed by atoms with Crippen molar-refractivity contribution < 1.29 is 24.2 Å². The Morgan fingerprint density at radius 1 is 1.03 bits per heavy atom. The molecule has 35 heavy (non-hydrogen) atoms. The summed E-state index contributed by atoms with van der Waals surface area (Å²) in [4.78, 5) is 29.8. The van der Waals surface area contributed by atoms with E-state index in [-0.39, 0.29) is 17.4 Å². The summed E-state index contributed by atoms with van der Waals surface area (Å²) in [5.41, 5.74) is 1.30. The van der Waals surface area contributed by atoms with Crippen molar-refractivity contribution in [3.05, 3.63) is 65.2 Å². The average molecular weight is 481 g/mol. The predicted octanol–water partition coefficient (Wildman–Crippen LogP) is 4.64. The molecule has 1 amide bonds. The second kappa shape index (κ2) is 11.9. The Morgan fingerprint density at radius 2 is 1.66 bits per heavy atom. The van der Waals surface area contributed by atoms with Crippen LogP contribution in [0.25, 0.3) is 5.76 Å². The van der Waals surface area contributed by atoms with E-state index in [9.17, 15) is 14.7 Å². The SMILES string of the molecule is CCCOc1ccc([C@H]2/C(=C(\O)c3ccc(OC(C)C)cc3)C(=O)C(=O)N2CCCN(C)C)cc1. The normalized spacial score (nSPS) is 17.5. The average Bonchev–Trinajstić information content (AvgIpc) is 3.07. The molecule has 7 nitrogen and oxygen atoms in total. The second-order valence-electron chi connectivity index (χ2n) is 9.26. The zero-order valence-electron chi connectivity index (χ0n) is 21.3. The maximum absolute atomic E-state index is 13.2. The van der Waals surface area contributed by atoms with E-state index in [4.69, 9.17) is 9.47 Å². The van der Waals surface area contributed by atoms with Crippen LogP contribution in [0, 0.1) is 0 Å². The van der Waals surface area contributed by atoms with Gasteiger partial charge in [-0.05, 0) is 89.3 Å². The number of ketones is 1. The molecule has 2 aromatic carbocycles. The molecule has 0 saturated carbocycles. The van der Waals surface area contributed by atoms with E-state index in [1.165, 1.54) is 0 Å². The second-order valence-corrected chi connectivity index (χ2v) is 9.26. The number of hydrogen-bond donors (Lipinski definition) is 1. The summed E-state index contributed by atoms with van der Waals surface area (Å²) in [7, 11) is 3.93. The largest absolute Gasteiger partial charge is 0.507 e. The van der Waals surface area contributed by atoms with Gasteiger partial charge in [0.25, 0.3) is 11.7 Å². The molecule has 188 valence electrons. The smallest absolute Gasteiger partial charge is 0.295 e. The standard InChI is InChI=1S/C28H36N2O5/c1-6-18-34-22-12-8-20(9-13-22)25-24(27(32)28(33)30(25)17-7-16-29(4)5)26(31)21-10-14-23(15-11-21)35-19(2)3/h8-15,19,25,31H,6-7,16-18H2,1-5H3/b26-24+/t25-/m0/s1. The van der Waals surface area contributed by atoms with Crippen molar-refractivity contribution in [3.8, 4) is 11.5 Å². The molecule has 0 bridgehead atoms. The number of carbonyl (C=O) groups is 2. The summed E-state index contributed by atoms with van der Waals surface area (Å²) in [6, 6.07) is 13.6. The number of carbonyl (C=O) groups excluding carboxylic acids is 2. The molecule has 1 aliphatic rings. The molecule has 3 rings (SSSR count). The van der Waals surface area contributed by atoms with Crippen molar-refractivity contribution in [1.82, 2.24) is 9.80 Å². The number of Topliss-reactive ketones (excluding diaryl/α,β-unsaturated/α-hetero) is 1. The Kier molecular flexibility index (Phi) is 8.93. The van der Waals surface area contributed by atoms with E-state index in [0.29, 0.717) is 30.9 Å². The first-order valence-electron chi connectivity index (χ1n) is 12.2. The zero-order chi connectivity index (χ0) is 25.5. The number of likely N-dealkylation sites (tertiary alicyclic amines) is 1. The summed E-state index contributed by atoms with van der Waals surface area (Å²) >= 11 is 0. The number of ether oxygens (including phenoxy) is 2. The van der Waals surface area contributed by atoms with Crippen LogP contribution in [0.2, 0.25) is 0 Å². The van der Waals surface area contributed by atoms with Crippen molar-refractivity contribution >= 4 is 17.4 Å². The third kappa shape index (κ3) is 6.42. The molecule has 1 N–H and O–H groups in total. The number of amides is 1. The lowest BCUT2D eigenvalue weighted by atomic mass is 9.95. The van der Waals surface area contributed by atoms with Crippen LogP contribution in [0.3, 0.4) is 0 Å². The van der Waals surface area contributed by atoms with E-state index in [0.717, 1.165) is 24.3 Å². The summed E-state index contributed by atoms with van der Waals surface area (Å²) in [5.74, 6) is -0.0702. The van der Waals surface area contributed by atoms with Crippen LogP contribution < -0.4 is 9.47 Å². The summed E-state index contributed by atoms with van der Waals surface area (Å²) in [6.45, 7) is 7.70. The van der Waals surface area contributed by atoms with Crippen LogP contribution in [0.4, 0.5) is 0 Å². The van der Waals surface area contributed by atoms with Gasteiger partial charge in [0, 0.05) is 12.1 Å². The Hall–Kier alpha value is -3.32. The first-order valence-corrected chi connectivity index (χ1v) is 12.2. The molecule has 1 saturated heterocycles.